The number of benzene rings is 2. The first-order valence-electron chi connectivity index (χ1n) is 11.8. The van der Waals surface area contributed by atoms with E-state index in [0.29, 0.717) is 28.3 Å². The summed E-state index contributed by atoms with van der Waals surface area (Å²) in [7, 11) is 0. The molecular weight excluding hydrogens is 454 g/mol. The summed E-state index contributed by atoms with van der Waals surface area (Å²) in [5, 5.41) is 20.1. The summed E-state index contributed by atoms with van der Waals surface area (Å²) in [5.74, 6) is -0.00526. The van der Waals surface area contributed by atoms with Gasteiger partial charge in [0.1, 0.15) is 0 Å². The highest BCUT2D eigenvalue weighted by Crippen LogP contribution is 2.25. The van der Waals surface area contributed by atoms with Crippen LogP contribution in [0.2, 0.25) is 5.02 Å². The number of hydrogen-bond acceptors (Lipinski definition) is 5. The molecule has 1 saturated heterocycles. The van der Waals surface area contributed by atoms with Crippen molar-refractivity contribution < 1.29 is 14.6 Å². The van der Waals surface area contributed by atoms with Crippen LogP contribution in [0.1, 0.15) is 52.9 Å². The number of hydrogen-bond donors (Lipinski definition) is 3. The molecule has 2 aromatic carbocycles. The van der Waals surface area contributed by atoms with Crippen LogP contribution < -0.4 is 10.7 Å². The quantitative estimate of drug-likeness (QED) is 0.402. The Morgan fingerprint density at radius 2 is 1.91 bits per heavy atom. The van der Waals surface area contributed by atoms with E-state index in [1.54, 1.807) is 12.1 Å². The molecule has 0 unspecified atom stereocenters. The number of halogens is 1. The number of carbonyl (C=O) groups is 1. The number of carbonyl (C=O) groups excluding carboxylic acids is 1. The second kappa shape index (κ2) is 11.6. The maximum atomic E-state index is 13.3. The standard InChI is InChI=1S/C26H30ClN3O4/c27-21-6-4-18(5-7-21)16-28-26(33)24-25(32)22-15-19(13-17-8-11-34-12-9-17)14-20(3-1-2-10-31)23(22)29-30-24/h4-7,14-15,17,31H,1-3,8-13,16H2,(H,28,33)(H,29,32). The zero-order chi connectivity index (χ0) is 23.9. The predicted octanol–water partition coefficient (Wildman–Crippen LogP) is 3.79. The van der Waals surface area contributed by atoms with E-state index in [9.17, 15) is 14.7 Å². The minimum absolute atomic E-state index is 0.131. The van der Waals surface area contributed by atoms with Gasteiger partial charge in [0, 0.05) is 31.4 Å². The molecule has 3 aromatic rings. The Labute approximate surface area is 203 Å². The molecule has 1 amide bonds. The number of aromatic amines is 1. The predicted molar refractivity (Wildman–Crippen MR) is 132 cm³/mol. The Hall–Kier alpha value is -2.74. The molecular formula is C26H30ClN3O4. The zero-order valence-electron chi connectivity index (χ0n) is 19.1. The smallest absolute Gasteiger partial charge is 0.276 e. The molecule has 0 radical (unpaired) electrons. The number of aliphatic hydroxyl groups excluding tert-OH is 1. The molecule has 7 nitrogen and oxygen atoms in total. The maximum Gasteiger partial charge on any atom is 0.276 e. The molecule has 34 heavy (non-hydrogen) atoms. The van der Waals surface area contributed by atoms with Crippen molar-refractivity contribution in [2.45, 2.75) is 45.1 Å². The van der Waals surface area contributed by atoms with E-state index >= 15 is 0 Å². The molecule has 1 aliphatic rings. The molecule has 4 rings (SSSR count). The van der Waals surface area contributed by atoms with Crippen LogP contribution in [0.25, 0.3) is 10.9 Å². The van der Waals surface area contributed by atoms with Crippen LogP contribution in [0.3, 0.4) is 0 Å². The average molecular weight is 484 g/mol. The van der Waals surface area contributed by atoms with Gasteiger partial charge in [-0.3, -0.25) is 14.7 Å². The summed E-state index contributed by atoms with van der Waals surface area (Å²) in [6, 6.07) is 11.2. The van der Waals surface area contributed by atoms with Gasteiger partial charge in [0.15, 0.2) is 5.69 Å². The van der Waals surface area contributed by atoms with E-state index in [4.69, 9.17) is 16.3 Å². The number of nitrogens with one attached hydrogen (secondary N) is 2. The number of unbranched alkanes of at least 4 members (excludes halogenated alkanes) is 1. The second-order valence-corrected chi connectivity index (χ2v) is 9.27. The first-order chi connectivity index (χ1) is 16.5. The first-order valence-corrected chi connectivity index (χ1v) is 12.2. The molecule has 3 N–H and O–H groups in total. The van der Waals surface area contributed by atoms with Gasteiger partial charge in [-0.25, -0.2) is 0 Å². The van der Waals surface area contributed by atoms with E-state index in [-0.39, 0.29) is 24.3 Å². The van der Waals surface area contributed by atoms with Gasteiger partial charge in [0.2, 0.25) is 5.43 Å². The molecule has 0 bridgehead atoms. The van der Waals surface area contributed by atoms with Crippen LogP contribution in [-0.4, -0.2) is 41.0 Å². The third kappa shape index (κ3) is 6.03. The molecule has 0 spiro atoms. The van der Waals surface area contributed by atoms with Crippen LogP contribution in [0, 0.1) is 5.92 Å². The molecule has 180 valence electrons. The van der Waals surface area contributed by atoms with Crippen molar-refractivity contribution in [2.24, 2.45) is 5.92 Å². The molecule has 0 atom stereocenters. The van der Waals surface area contributed by atoms with Crippen LogP contribution in [-0.2, 0) is 24.1 Å². The van der Waals surface area contributed by atoms with E-state index in [0.717, 1.165) is 62.0 Å². The average Bonchev–Trinajstić information content (AvgIpc) is 2.85. The number of H-pyrrole nitrogens is 1. The number of aromatic nitrogens is 2. The van der Waals surface area contributed by atoms with Crippen molar-refractivity contribution in [3.05, 3.63) is 74.0 Å². The lowest BCUT2D eigenvalue weighted by molar-refractivity contribution is 0.0665. The largest absolute Gasteiger partial charge is 0.396 e. The van der Waals surface area contributed by atoms with Crippen molar-refractivity contribution in [1.29, 1.82) is 0 Å². The summed E-state index contributed by atoms with van der Waals surface area (Å²) >= 11 is 5.91. The van der Waals surface area contributed by atoms with Crippen molar-refractivity contribution in [2.75, 3.05) is 19.8 Å². The van der Waals surface area contributed by atoms with Gasteiger partial charge in [0.25, 0.3) is 5.91 Å². The van der Waals surface area contributed by atoms with Gasteiger partial charge < -0.3 is 15.2 Å². The van der Waals surface area contributed by atoms with Crippen molar-refractivity contribution >= 4 is 28.4 Å². The molecule has 1 aromatic heterocycles. The van der Waals surface area contributed by atoms with Gasteiger partial charge >= 0.3 is 0 Å². The summed E-state index contributed by atoms with van der Waals surface area (Å²) in [5.41, 5.74) is 3.09. The lowest BCUT2D eigenvalue weighted by Gasteiger charge is -2.22. The van der Waals surface area contributed by atoms with Crippen LogP contribution in [0.5, 0.6) is 0 Å². The number of fused-ring (bicyclic) bond motifs is 1. The summed E-state index contributed by atoms with van der Waals surface area (Å²) < 4.78 is 5.48. The molecule has 8 heteroatoms. The monoisotopic (exact) mass is 483 g/mol. The molecule has 0 aliphatic carbocycles. The fourth-order valence-corrected chi connectivity index (χ4v) is 4.54. The highest BCUT2D eigenvalue weighted by Gasteiger charge is 2.19. The van der Waals surface area contributed by atoms with Gasteiger partial charge in [-0.05, 0) is 79.3 Å². The number of ether oxygens (including phenoxy) is 1. The van der Waals surface area contributed by atoms with E-state index in [2.05, 4.69) is 21.6 Å². The molecule has 1 fully saturated rings. The van der Waals surface area contributed by atoms with Gasteiger partial charge in [-0.2, -0.15) is 5.10 Å². The first kappa shape index (κ1) is 24.4. The normalized spacial score (nSPS) is 14.4. The SMILES string of the molecule is O=C(NCc1ccc(Cl)cc1)c1n[nH]c2c(CCCCO)cc(CC3CCOCC3)cc2c1=O. The highest BCUT2D eigenvalue weighted by molar-refractivity contribution is 6.30. The van der Waals surface area contributed by atoms with Crippen LogP contribution in [0.4, 0.5) is 0 Å². The van der Waals surface area contributed by atoms with Crippen LogP contribution >= 0.6 is 11.6 Å². The minimum Gasteiger partial charge on any atom is -0.396 e. The third-order valence-electron chi connectivity index (χ3n) is 6.32. The lowest BCUT2D eigenvalue weighted by atomic mass is 9.90. The fourth-order valence-electron chi connectivity index (χ4n) is 4.42. The maximum absolute atomic E-state index is 13.3. The number of aliphatic hydroxyl groups is 1. The number of nitrogens with zero attached hydrogens (tertiary/aromatic N) is 1. The summed E-state index contributed by atoms with van der Waals surface area (Å²) in [6.07, 6.45) is 5.09. The third-order valence-corrected chi connectivity index (χ3v) is 6.57. The molecule has 2 heterocycles. The Morgan fingerprint density at radius 1 is 1.15 bits per heavy atom. The van der Waals surface area contributed by atoms with Crippen molar-refractivity contribution in [3.8, 4) is 0 Å². The van der Waals surface area contributed by atoms with E-state index in [1.807, 2.05) is 18.2 Å². The number of rotatable bonds is 9. The summed E-state index contributed by atoms with van der Waals surface area (Å²) in [4.78, 5) is 26.1. The molecule has 0 saturated carbocycles. The van der Waals surface area contributed by atoms with Crippen LogP contribution in [0.15, 0.2) is 41.2 Å². The van der Waals surface area contributed by atoms with Gasteiger partial charge in [-0.1, -0.05) is 29.8 Å². The van der Waals surface area contributed by atoms with Crippen molar-refractivity contribution in [1.82, 2.24) is 15.5 Å². The topological polar surface area (TPSA) is 104 Å². The Bertz CT molecular complexity index is 1190. The number of aryl methyl sites for hydroxylation is 1. The van der Waals surface area contributed by atoms with E-state index in [1.165, 1.54) is 0 Å². The Balaban J connectivity index is 1.61. The second-order valence-electron chi connectivity index (χ2n) is 8.83. The minimum atomic E-state index is -0.519. The summed E-state index contributed by atoms with van der Waals surface area (Å²) in [6.45, 7) is 1.94. The zero-order valence-corrected chi connectivity index (χ0v) is 19.9. The molecule has 1 aliphatic heterocycles. The fraction of sp³-hybridized carbons (Fsp3) is 0.423. The number of amides is 1. The van der Waals surface area contributed by atoms with E-state index < -0.39 is 5.91 Å². The lowest BCUT2D eigenvalue weighted by Crippen LogP contribution is -2.30. The van der Waals surface area contributed by atoms with Gasteiger partial charge in [0.05, 0.1) is 10.9 Å². The van der Waals surface area contributed by atoms with Crippen molar-refractivity contribution in [3.63, 3.8) is 0 Å². The Morgan fingerprint density at radius 3 is 2.65 bits per heavy atom. The van der Waals surface area contributed by atoms with Gasteiger partial charge in [-0.15, -0.1) is 0 Å². The Kier molecular flexibility index (Phi) is 8.32. The highest BCUT2D eigenvalue weighted by atomic mass is 35.5.